The molecule has 1 aliphatic heterocycles. The first-order chi connectivity index (χ1) is 9.72. The number of ether oxygens (including phenoxy) is 1. The zero-order valence-corrected chi connectivity index (χ0v) is 13.1. The van der Waals surface area contributed by atoms with E-state index in [1.807, 2.05) is 4.90 Å². The number of amides is 1. The van der Waals surface area contributed by atoms with Gasteiger partial charge in [0.15, 0.2) is 0 Å². The minimum absolute atomic E-state index is 0.229. The Kier molecular flexibility index (Phi) is 8.82. The molecule has 1 saturated heterocycles. The Morgan fingerprint density at radius 1 is 1.20 bits per heavy atom. The summed E-state index contributed by atoms with van der Waals surface area (Å²) >= 11 is 0. The molecule has 2 N–H and O–H groups in total. The third kappa shape index (κ3) is 5.77. The molecule has 1 fully saturated rings. The lowest BCUT2D eigenvalue weighted by atomic mass is 10.1. The van der Waals surface area contributed by atoms with Crippen LogP contribution in [0.25, 0.3) is 0 Å². The van der Waals surface area contributed by atoms with Crippen molar-refractivity contribution in [2.24, 2.45) is 5.73 Å². The molecule has 0 bridgehead atoms. The summed E-state index contributed by atoms with van der Waals surface area (Å²) in [6.07, 6.45) is 3.71. The summed E-state index contributed by atoms with van der Waals surface area (Å²) in [5, 5.41) is 0. The number of nitrogens with two attached hydrogens (primary N) is 1. The van der Waals surface area contributed by atoms with E-state index in [0.717, 1.165) is 58.6 Å². The molecule has 5 heteroatoms. The van der Waals surface area contributed by atoms with Gasteiger partial charge in [-0.1, -0.05) is 13.8 Å². The molecule has 5 nitrogen and oxygen atoms in total. The Balaban J connectivity index is 2.25. The van der Waals surface area contributed by atoms with Gasteiger partial charge >= 0.3 is 0 Å². The van der Waals surface area contributed by atoms with E-state index in [4.69, 9.17) is 10.5 Å². The van der Waals surface area contributed by atoms with Gasteiger partial charge in [0.25, 0.3) is 0 Å². The second-order valence-electron chi connectivity index (χ2n) is 5.42. The van der Waals surface area contributed by atoms with Crippen LogP contribution in [0, 0.1) is 0 Å². The Bertz CT molecular complexity index is 266. The van der Waals surface area contributed by atoms with Crippen molar-refractivity contribution in [2.75, 3.05) is 45.9 Å². The summed E-state index contributed by atoms with van der Waals surface area (Å²) in [5.41, 5.74) is 5.66. The summed E-state index contributed by atoms with van der Waals surface area (Å²) in [4.78, 5) is 16.5. The molecule has 1 rings (SSSR count). The molecular formula is C15H31N3O2. The zero-order chi connectivity index (χ0) is 14.8. The van der Waals surface area contributed by atoms with Crippen molar-refractivity contribution in [3.05, 3.63) is 0 Å². The Morgan fingerprint density at radius 2 is 1.90 bits per heavy atom. The maximum atomic E-state index is 12.0. The lowest BCUT2D eigenvalue weighted by molar-refractivity contribution is -0.134. The topological polar surface area (TPSA) is 58.8 Å². The highest BCUT2D eigenvalue weighted by molar-refractivity contribution is 5.76. The summed E-state index contributed by atoms with van der Waals surface area (Å²) in [5.74, 6) is 0.229. The van der Waals surface area contributed by atoms with Crippen molar-refractivity contribution in [2.45, 2.75) is 45.6 Å². The Morgan fingerprint density at radius 3 is 2.45 bits per heavy atom. The summed E-state index contributed by atoms with van der Waals surface area (Å²) in [6, 6.07) is 0.574. The number of nitrogens with zero attached hydrogens (tertiary/aromatic N) is 2. The van der Waals surface area contributed by atoms with Crippen LogP contribution in [-0.4, -0.2) is 67.7 Å². The highest BCUT2D eigenvalue weighted by Gasteiger charge is 2.24. The third-order valence-corrected chi connectivity index (χ3v) is 3.96. The van der Waals surface area contributed by atoms with Gasteiger partial charge < -0.3 is 15.4 Å². The zero-order valence-electron chi connectivity index (χ0n) is 13.1. The molecule has 0 radical (unpaired) electrons. The molecule has 1 unspecified atom stereocenters. The number of rotatable bonds is 9. The number of hydrogen-bond donors (Lipinski definition) is 1. The van der Waals surface area contributed by atoms with Crippen LogP contribution in [0.3, 0.4) is 0 Å². The van der Waals surface area contributed by atoms with Crippen LogP contribution in [-0.2, 0) is 9.53 Å². The van der Waals surface area contributed by atoms with Gasteiger partial charge in [-0.3, -0.25) is 9.69 Å². The van der Waals surface area contributed by atoms with Gasteiger partial charge in [-0.25, -0.2) is 0 Å². The van der Waals surface area contributed by atoms with Crippen LogP contribution in [0.15, 0.2) is 0 Å². The minimum Gasteiger partial charge on any atom is -0.381 e. The van der Waals surface area contributed by atoms with Gasteiger partial charge in [0.1, 0.15) is 0 Å². The van der Waals surface area contributed by atoms with Gasteiger partial charge in [0.05, 0.1) is 13.0 Å². The first kappa shape index (κ1) is 17.4. The fraction of sp³-hybridized carbons (Fsp3) is 0.933. The van der Waals surface area contributed by atoms with Crippen LogP contribution < -0.4 is 5.73 Å². The van der Waals surface area contributed by atoms with Gasteiger partial charge in [0.2, 0.25) is 5.91 Å². The third-order valence-electron chi connectivity index (χ3n) is 3.96. The molecule has 1 aliphatic rings. The molecule has 0 spiro atoms. The largest absolute Gasteiger partial charge is 0.381 e. The van der Waals surface area contributed by atoms with Gasteiger partial charge in [-0.2, -0.15) is 0 Å². The highest BCUT2D eigenvalue weighted by atomic mass is 16.5. The van der Waals surface area contributed by atoms with Crippen molar-refractivity contribution < 1.29 is 9.53 Å². The maximum Gasteiger partial charge on any atom is 0.224 e. The van der Waals surface area contributed by atoms with E-state index in [1.54, 1.807) is 0 Å². The number of carbonyl (C=O) groups excluding carboxylic acids is 1. The summed E-state index contributed by atoms with van der Waals surface area (Å²) < 4.78 is 5.38. The first-order valence-corrected chi connectivity index (χ1v) is 8.02. The van der Waals surface area contributed by atoms with Crippen LogP contribution in [0.4, 0.5) is 0 Å². The molecule has 118 valence electrons. The van der Waals surface area contributed by atoms with Gasteiger partial charge in [0, 0.05) is 38.8 Å². The summed E-state index contributed by atoms with van der Waals surface area (Å²) in [7, 11) is 0. The summed E-state index contributed by atoms with van der Waals surface area (Å²) in [6.45, 7) is 9.96. The second kappa shape index (κ2) is 10.1. The first-order valence-electron chi connectivity index (χ1n) is 8.02. The smallest absolute Gasteiger partial charge is 0.224 e. The van der Waals surface area contributed by atoms with E-state index in [2.05, 4.69) is 18.7 Å². The van der Waals surface area contributed by atoms with E-state index >= 15 is 0 Å². The molecule has 1 atom stereocenters. The highest BCUT2D eigenvalue weighted by Crippen LogP contribution is 2.12. The van der Waals surface area contributed by atoms with Gasteiger partial charge in [-0.15, -0.1) is 0 Å². The molecule has 20 heavy (non-hydrogen) atoms. The molecular weight excluding hydrogens is 254 g/mol. The SMILES string of the molecule is CCCOCCC(=O)N1CCN(C(CC)CCN)CC1. The monoisotopic (exact) mass is 285 g/mol. The maximum absolute atomic E-state index is 12.0. The Hall–Kier alpha value is -0.650. The fourth-order valence-corrected chi connectivity index (χ4v) is 2.74. The van der Waals surface area contributed by atoms with Crippen LogP contribution in [0.1, 0.15) is 39.5 Å². The number of hydrogen-bond acceptors (Lipinski definition) is 4. The molecule has 0 aromatic rings. The van der Waals surface area contributed by atoms with Crippen molar-refractivity contribution in [1.29, 1.82) is 0 Å². The molecule has 0 aromatic heterocycles. The van der Waals surface area contributed by atoms with E-state index < -0.39 is 0 Å². The molecule has 1 heterocycles. The van der Waals surface area contributed by atoms with E-state index in [1.165, 1.54) is 0 Å². The van der Waals surface area contributed by atoms with Crippen LogP contribution >= 0.6 is 0 Å². The average molecular weight is 285 g/mol. The van der Waals surface area contributed by atoms with Crippen molar-refractivity contribution in [3.63, 3.8) is 0 Å². The fourth-order valence-electron chi connectivity index (χ4n) is 2.74. The van der Waals surface area contributed by atoms with Crippen LogP contribution in [0.5, 0.6) is 0 Å². The molecule has 1 amide bonds. The molecule has 0 aliphatic carbocycles. The Labute approximate surface area is 123 Å². The normalized spacial score (nSPS) is 18.2. The van der Waals surface area contributed by atoms with Crippen molar-refractivity contribution >= 4 is 5.91 Å². The number of carbonyl (C=O) groups is 1. The standard InChI is InChI=1S/C15H31N3O2/c1-3-12-20-13-6-15(19)18-10-8-17(9-11-18)14(4-2)5-7-16/h14H,3-13,16H2,1-2H3. The van der Waals surface area contributed by atoms with Crippen LogP contribution in [0.2, 0.25) is 0 Å². The predicted molar refractivity (Wildman–Crippen MR) is 81.6 cm³/mol. The average Bonchev–Trinajstić information content (AvgIpc) is 2.49. The predicted octanol–water partition coefficient (Wildman–Crippen LogP) is 1.07. The van der Waals surface area contributed by atoms with E-state index in [9.17, 15) is 4.79 Å². The second-order valence-corrected chi connectivity index (χ2v) is 5.42. The molecule has 0 aromatic carbocycles. The van der Waals surface area contributed by atoms with E-state index in [0.29, 0.717) is 19.1 Å². The lowest BCUT2D eigenvalue weighted by Crippen LogP contribution is -2.52. The minimum atomic E-state index is 0.229. The van der Waals surface area contributed by atoms with Crippen molar-refractivity contribution in [1.82, 2.24) is 9.80 Å². The quantitative estimate of drug-likeness (QED) is 0.644. The lowest BCUT2D eigenvalue weighted by Gasteiger charge is -2.39. The number of piperazine rings is 1. The molecule has 0 saturated carbocycles. The van der Waals surface area contributed by atoms with Gasteiger partial charge in [-0.05, 0) is 25.8 Å². The van der Waals surface area contributed by atoms with E-state index in [-0.39, 0.29) is 5.91 Å². The van der Waals surface area contributed by atoms with Crippen molar-refractivity contribution in [3.8, 4) is 0 Å².